The maximum absolute atomic E-state index is 13.1. The Morgan fingerprint density at radius 1 is 1.18 bits per heavy atom. The lowest BCUT2D eigenvalue weighted by Gasteiger charge is -2.32. The van der Waals surface area contributed by atoms with Crippen LogP contribution in [0.25, 0.3) is 16.6 Å². The van der Waals surface area contributed by atoms with Crippen molar-refractivity contribution in [2.45, 2.75) is 32.0 Å². The van der Waals surface area contributed by atoms with Gasteiger partial charge in [0.05, 0.1) is 24.5 Å². The molecule has 2 aromatic heterocycles. The quantitative estimate of drug-likeness (QED) is 0.482. The minimum atomic E-state index is -0.220. The summed E-state index contributed by atoms with van der Waals surface area (Å²) in [6.07, 6.45) is 4.68. The number of aromatic amines is 1. The summed E-state index contributed by atoms with van der Waals surface area (Å²) in [6.45, 7) is 4.59. The van der Waals surface area contributed by atoms with E-state index in [0.29, 0.717) is 42.1 Å². The molecule has 0 spiro atoms. The van der Waals surface area contributed by atoms with Crippen molar-refractivity contribution in [3.63, 3.8) is 0 Å². The molecule has 1 fully saturated rings. The van der Waals surface area contributed by atoms with Crippen LogP contribution in [0.1, 0.15) is 34.5 Å². The van der Waals surface area contributed by atoms with Gasteiger partial charge in [0.25, 0.3) is 5.91 Å². The molecule has 2 aliphatic heterocycles. The highest BCUT2D eigenvalue weighted by atomic mass is 16.5. The van der Waals surface area contributed by atoms with Crippen LogP contribution in [0, 0.1) is 0 Å². The molecule has 2 aromatic carbocycles. The standard InChI is InChI=1S/C25H22N6O3/c1-15-22(7-8-24(32)27-15)30-13-20-19(25(30)33)3-2-4-23(20)34-14-17-12-31(29-28-17)18-5-6-21-16(11-18)9-10-26-21/h2-6,9-12,22,26H,1,7-8,13-14H2,(H,27,32). The summed E-state index contributed by atoms with van der Waals surface area (Å²) in [7, 11) is 0. The summed E-state index contributed by atoms with van der Waals surface area (Å²) in [6, 6.07) is 13.3. The Labute approximate surface area is 195 Å². The molecular weight excluding hydrogens is 432 g/mol. The second-order valence-corrected chi connectivity index (χ2v) is 8.54. The zero-order valence-electron chi connectivity index (χ0n) is 18.3. The maximum atomic E-state index is 13.1. The first-order valence-corrected chi connectivity index (χ1v) is 11.1. The SMILES string of the molecule is C=C1NC(=O)CCC1N1Cc2c(OCc3cn(-c4ccc5[nH]ccc5c4)nn3)cccc2C1=O. The molecule has 6 rings (SSSR count). The van der Waals surface area contributed by atoms with E-state index in [2.05, 4.69) is 27.2 Å². The van der Waals surface area contributed by atoms with Crippen LogP contribution in [0.2, 0.25) is 0 Å². The number of benzene rings is 2. The number of H-pyrrole nitrogens is 1. The number of fused-ring (bicyclic) bond motifs is 2. The molecule has 9 heteroatoms. The van der Waals surface area contributed by atoms with Gasteiger partial charge in [0.15, 0.2) is 0 Å². The summed E-state index contributed by atoms with van der Waals surface area (Å²) in [5.41, 5.74) is 4.67. The number of aromatic nitrogens is 4. The Morgan fingerprint density at radius 3 is 2.97 bits per heavy atom. The number of hydrogen-bond donors (Lipinski definition) is 2. The second kappa shape index (κ2) is 7.87. The smallest absolute Gasteiger partial charge is 0.255 e. The number of ether oxygens (including phenoxy) is 1. The Morgan fingerprint density at radius 2 is 2.09 bits per heavy atom. The lowest BCUT2D eigenvalue weighted by atomic mass is 10.0. The monoisotopic (exact) mass is 454 g/mol. The van der Waals surface area contributed by atoms with Crippen LogP contribution in [0.5, 0.6) is 5.75 Å². The van der Waals surface area contributed by atoms with Crippen molar-refractivity contribution in [1.82, 2.24) is 30.2 Å². The Balaban J connectivity index is 1.18. The zero-order valence-corrected chi connectivity index (χ0v) is 18.3. The highest BCUT2D eigenvalue weighted by Gasteiger charge is 2.37. The normalized spacial score (nSPS) is 17.8. The van der Waals surface area contributed by atoms with Crippen molar-refractivity contribution in [3.05, 3.63) is 84.0 Å². The van der Waals surface area contributed by atoms with E-state index in [0.717, 1.165) is 22.2 Å². The first-order valence-electron chi connectivity index (χ1n) is 11.1. The van der Waals surface area contributed by atoms with E-state index in [9.17, 15) is 9.59 Å². The number of rotatable bonds is 5. The summed E-state index contributed by atoms with van der Waals surface area (Å²) < 4.78 is 7.80. The lowest BCUT2D eigenvalue weighted by molar-refractivity contribution is -0.121. The molecule has 9 nitrogen and oxygen atoms in total. The van der Waals surface area contributed by atoms with Crippen LogP contribution in [-0.4, -0.2) is 42.7 Å². The third kappa shape index (κ3) is 3.42. The van der Waals surface area contributed by atoms with Gasteiger partial charge in [0.1, 0.15) is 18.1 Å². The van der Waals surface area contributed by atoms with E-state index >= 15 is 0 Å². The Hall–Kier alpha value is -4.40. The van der Waals surface area contributed by atoms with Gasteiger partial charge in [-0.25, -0.2) is 4.68 Å². The topological polar surface area (TPSA) is 105 Å². The zero-order chi connectivity index (χ0) is 23.2. The number of carbonyl (C=O) groups excluding carboxylic acids is 2. The molecule has 1 atom stereocenters. The molecule has 0 saturated carbocycles. The molecule has 1 unspecified atom stereocenters. The van der Waals surface area contributed by atoms with Gasteiger partial charge in [-0.15, -0.1) is 5.10 Å². The van der Waals surface area contributed by atoms with Crippen molar-refractivity contribution in [1.29, 1.82) is 0 Å². The molecule has 1 saturated heterocycles. The molecule has 2 amide bonds. The van der Waals surface area contributed by atoms with Gasteiger partial charge >= 0.3 is 0 Å². The number of amides is 2. The molecule has 2 N–H and O–H groups in total. The molecule has 170 valence electrons. The van der Waals surface area contributed by atoms with Crippen LogP contribution < -0.4 is 10.1 Å². The van der Waals surface area contributed by atoms with Crippen molar-refractivity contribution in [2.75, 3.05) is 0 Å². The average molecular weight is 454 g/mol. The van der Waals surface area contributed by atoms with Crippen molar-refractivity contribution >= 4 is 22.7 Å². The number of carbonyl (C=O) groups is 2. The van der Waals surface area contributed by atoms with Crippen molar-refractivity contribution in [3.8, 4) is 11.4 Å². The predicted molar refractivity (Wildman–Crippen MR) is 124 cm³/mol. The summed E-state index contributed by atoms with van der Waals surface area (Å²) in [5.74, 6) is 0.506. The van der Waals surface area contributed by atoms with Crippen molar-refractivity contribution < 1.29 is 14.3 Å². The summed E-state index contributed by atoms with van der Waals surface area (Å²) in [5, 5.41) is 12.3. The fraction of sp³-hybridized carbons (Fsp3) is 0.200. The molecule has 4 aromatic rings. The first kappa shape index (κ1) is 20.2. The van der Waals surface area contributed by atoms with Gasteiger partial charge in [-0.1, -0.05) is 17.9 Å². The fourth-order valence-corrected chi connectivity index (χ4v) is 4.65. The van der Waals surface area contributed by atoms with E-state index in [1.807, 2.05) is 54.9 Å². The van der Waals surface area contributed by atoms with Gasteiger partial charge in [-0.2, -0.15) is 0 Å². The van der Waals surface area contributed by atoms with Crippen LogP contribution in [-0.2, 0) is 17.9 Å². The van der Waals surface area contributed by atoms with E-state index in [-0.39, 0.29) is 24.5 Å². The van der Waals surface area contributed by atoms with Gasteiger partial charge < -0.3 is 19.9 Å². The molecule has 4 heterocycles. The summed E-state index contributed by atoms with van der Waals surface area (Å²) >= 11 is 0. The Kier molecular flexibility index (Phi) is 4.68. The van der Waals surface area contributed by atoms with Gasteiger partial charge in [0, 0.05) is 40.3 Å². The molecule has 0 radical (unpaired) electrons. The van der Waals surface area contributed by atoms with Crippen LogP contribution in [0.4, 0.5) is 0 Å². The second-order valence-electron chi connectivity index (χ2n) is 8.54. The van der Waals surface area contributed by atoms with Crippen LogP contribution in [0.3, 0.4) is 0 Å². The van der Waals surface area contributed by atoms with E-state index in [1.165, 1.54) is 0 Å². The highest BCUT2D eigenvalue weighted by molar-refractivity contribution is 5.99. The number of nitrogens with one attached hydrogen (secondary N) is 2. The molecular formula is C25H22N6O3. The fourth-order valence-electron chi connectivity index (χ4n) is 4.65. The predicted octanol–water partition coefficient (Wildman–Crippen LogP) is 3.08. The first-order chi connectivity index (χ1) is 16.6. The molecule has 0 bridgehead atoms. The molecule has 2 aliphatic rings. The van der Waals surface area contributed by atoms with E-state index < -0.39 is 0 Å². The molecule has 0 aliphatic carbocycles. The number of hydrogen-bond acceptors (Lipinski definition) is 5. The van der Waals surface area contributed by atoms with E-state index in [4.69, 9.17) is 4.74 Å². The van der Waals surface area contributed by atoms with Gasteiger partial charge in [-0.05, 0) is 42.8 Å². The minimum absolute atomic E-state index is 0.0597. The van der Waals surface area contributed by atoms with Crippen molar-refractivity contribution in [2.24, 2.45) is 0 Å². The highest BCUT2D eigenvalue weighted by Crippen LogP contribution is 2.35. The number of nitrogens with zero attached hydrogens (tertiary/aromatic N) is 4. The van der Waals surface area contributed by atoms with Crippen LogP contribution >= 0.6 is 0 Å². The summed E-state index contributed by atoms with van der Waals surface area (Å²) in [4.78, 5) is 29.6. The van der Waals surface area contributed by atoms with E-state index in [1.54, 1.807) is 9.58 Å². The molecule has 34 heavy (non-hydrogen) atoms. The minimum Gasteiger partial charge on any atom is -0.487 e. The lowest BCUT2D eigenvalue weighted by Crippen LogP contribution is -2.45. The van der Waals surface area contributed by atoms with Gasteiger partial charge in [-0.3, -0.25) is 9.59 Å². The third-order valence-electron chi connectivity index (χ3n) is 6.39. The average Bonchev–Trinajstić information content (AvgIpc) is 3.57. The maximum Gasteiger partial charge on any atom is 0.255 e. The Bertz CT molecular complexity index is 1450. The largest absolute Gasteiger partial charge is 0.487 e. The number of piperidine rings is 1. The third-order valence-corrected chi connectivity index (χ3v) is 6.39. The van der Waals surface area contributed by atoms with Gasteiger partial charge in [0.2, 0.25) is 5.91 Å². The van der Waals surface area contributed by atoms with Crippen LogP contribution in [0.15, 0.2) is 67.1 Å².